The van der Waals surface area contributed by atoms with Crippen LogP contribution < -0.4 is 10.9 Å². The van der Waals surface area contributed by atoms with Crippen LogP contribution in [-0.2, 0) is 9.53 Å². The maximum Gasteiger partial charge on any atom is 0.257 e. The molecule has 0 unspecified atom stereocenters. The molecule has 6 nitrogen and oxygen atoms in total. The number of aromatic nitrogens is 2. The molecular formula is C14H19N3O3S. The molecule has 2 aliphatic rings. The van der Waals surface area contributed by atoms with Gasteiger partial charge in [-0.05, 0) is 19.8 Å². The van der Waals surface area contributed by atoms with E-state index in [1.165, 1.54) is 11.8 Å². The number of ether oxygens (including phenoxy) is 1. The molecule has 2 aliphatic heterocycles. The highest BCUT2D eigenvalue weighted by atomic mass is 32.2. The van der Waals surface area contributed by atoms with Crippen molar-refractivity contribution < 1.29 is 9.53 Å². The van der Waals surface area contributed by atoms with Crippen LogP contribution in [0.3, 0.4) is 0 Å². The lowest BCUT2D eigenvalue weighted by Gasteiger charge is -2.15. The number of carbonyl (C=O) groups is 1. The number of aryl methyl sites for hydroxylation is 1. The average molecular weight is 309 g/mol. The molecule has 0 radical (unpaired) electrons. The predicted molar refractivity (Wildman–Crippen MR) is 79.6 cm³/mol. The van der Waals surface area contributed by atoms with E-state index in [2.05, 4.69) is 10.3 Å². The molecule has 0 spiro atoms. The number of carbonyl (C=O) groups excluding carboxylic acids is 1. The van der Waals surface area contributed by atoms with Crippen LogP contribution in [0.1, 0.15) is 30.9 Å². The smallest absolute Gasteiger partial charge is 0.257 e. The van der Waals surface area contributed by atoms with Gasteiger partial charge in [-0.25, -0.2) is 4.98 Å². The standard InChI is InChI=1S/C14H19N3O3S/c1-9-6-16-14-17(13(9)19)10(8-21-14)5-12(18)15-7-11-3-2-4-20-11/h6,10-11H,2-5,7-8H2,1H3,(H,15,18)/t10-,11-/m1/s1. The van der Waals surface area contributed by atoms with E-state index in [0.29, 0.717) is 23.7 Å². The van der Waals surface area contributed by atoms with Gasteiger partial charge in [0.2, 0.25) is 5.91 Å². The Bertz CT molecular complexity index is 596. The van der Waals surface area contributed by atoms with E-state index in [4.69, 9.17) is 4.74 Å². The van der Waals surface area contributed by atoms with Crippen LogP contribution >= 0.6 is 11.8 Å². The lowest BCUT2D eigenvalue weighted by molar-refractivity contribution is -0.122. The van der Waals surface area contributed by atoms with Crippen LogP contribution in [0, 0.1) is 6.92 Å². The van der Waals surface area contributed by atoms with Crippen molar-refractivity contribution in [1.82, 2.24) is 14.9 Å². The molecular weight excluding hydrogens is 290 g/mol. The average Bonchev–Trinajstić information content (AvgIpc) is 3.11. The van der Waals surface area contributed by atoms with Gasteiger partial charge in [0.25, 0.3) is 5.56 Å². The Morgan fingerprint density at radius 2 is 2.48 bits per heavy atom. The molecule has 21 heavy (non-hydrogen) atoms. The molecule has 1 aromatic heterocycles. The number of amides is 1. The Balaban J connectivity index is 1.61. The van der Waals surface area contributed by atoms with Crippen LogP contribution in [0.2, 0.25) is 0 Å². The highest BCUT2D eigenvalue weighted by Gasteiger charge is 2.28. The number of nitrogens with zero attached hydrogens (tertiary/aromatic N) is 2. The van der Waals surface area contributed by atoms with Gasteiger partial charge in [0.15, 0.2) is 5.16 Å². The van der Waals surface area contributed by atoms with Crippen molar-refractivity contribution in [3.63, 3.8) is 0 Å². The van der Waals surface area contributed by atoms with E-state index in [1.54, 1.807) is 17.7 Å². The quantitative estimate of drug-likeness (QED) is 0.836. The van der Waals surface area contributed by atoms with Crippen LogP contribution in [0.25, 0.3) is 0 Å². The summed E-state index contributed by atoms with van der Waals surface area (Å²) < 4.78 is 7.14. The van der Waals surface area contributed by atoms with Gasteiger partial charge in [-0.2, -0.15) is 0 Å². The first-order valence-electron chi connectivity index (χ1n) is 7.24. The number of nitrogens with one attached hydrogen (secondary N) is 1. The molecule has 2 atom stereocenters. The monoisotopic (exact) mass is 309 g/mol. The fourth-order valence-electron chi connectivity index (χ4n) is 2.69. The molecule has 1 amide bonds. The summed E-state index contributed by atoms with van der Waals surface area (Å²) in [5, 5.41) is 3.62. The van der Waals surface area contributed by atoms with Gasteiger partial charge in [0.05, 0.1) is 12.1 Å². The summed E-state index contributed by atoms with van der Waals surface area (Å²) in [7, 11) is 0. The molecule has 3 rings (SSSR count). The Kier molecular flexibility index (Phi) is 4.30. The van der Waals surface area contributed by atoms with E-state index in [0.717, 1.165) is 25.2 Å². The first-order valence-corrected chi connectivity index (χ1v) is 8.23. The largest absolute Gasteiger partial charge is 0.376 e. The molecule has 1 fully saturated rings. The van der Waals surface area contributed by atoms with Crippen molar-refractivity contribution in [1.29, 1.82) is 0 Å². The molecule has 1 aromatic rings. The molecule has 7 heteroatoms. The molecule has 0 aliphatic carbocycles. The normalized spacial score (nSPS) is 24.0. The van der Waals surface area contributed by atoms with Gasteiger partial charge < -0.3 is 10.1 Å². The fourth-order valence-corrected chi connectivity index (χ4v) is 3.80. The zero-order chi connectivity index (χ0) is 14.8. The van der Waals surface area contributed by atoms with Crippen molar-refractivity contribution in [2.75, 3.05) is 18.9 Å². The van der Waals surface area contributed by atoms with Gasteiger partial charge in [0, 0.05) is 37.1 Å². The molecule has 0 aromatic carbocycles. The van der Waals surface area contributed by atoms with Crippen LogP contribution in [-0.4, -0.2) is 40.5 Å². The second-order valence-corrected chi connectivity index (χ2v) is 6.49. The minimum absolute atomic E-state index is 0.0302. The number of hydrogen-bond acceptors (Lipinski definition) is 5. The third kappa shape index (κ3) is 3.13. The second kappa shape index (κ2) is 6.19. The highest BCUT2D eigenvalue weighted by Crippen LogP contribution is 2.31. The number of hydrogen-bond donors (Lipinski definition) is 1. The van der Waals surface area contributed by atoms with E-state index in [9.17, 15) is 9.59 Å². The molecule has 1 N–H and O–H groups in total. The first kappa shape index (κ1) is 14.6. The van der Waals surface area contributed by atoms with E-state index >= 15 is 0 Å². The maximum atomic E-state index is 12.2. The zero-order valence-corrected chi connectivity index (χ0v) is 12.8. The summed E-state index contributed by atoms with van der Waals surface area (Å²) in [5.74, 6) is 0.691. The number of fused-ring (bicyclic) bond motifs is 1. The summed E-state index contributed by atoms with van der Waals surface area (Å²) in [5.41, 5.74) is 0.577. The summed E-state index contributed by atoms with van der Waals surface area (Å²) in [4.78, 5) is 28.5. The molecule has 3 heterocycles. The highest BCUT2D eigenvalue weighted by molar-refractivity contribution is 7.99. The minimum Gasteiger partial charge on any atom is -0.376 e. The van der Waals surface area contributed by atoms with Crippen LogP contribution in [0.4, 0.5) is 0 Å². The molecule has 0 bridgehead atoms. The third-order valence-corrected chi connectivity index (χ3v) is 4.98. The molecule has 114 valence electrons. The van der Waals surface area contributed by atoms with E-state index in [1.807, 2.05) is 0 Å². The Morgan fingerprint density at radius 1 is 1.62 bits per heavy atom. The third-order valence-electron chi connectivity index (χ3n) is 3.87. The lowest BCUT2D eigenvalue weighted by atomic mass is 10.2. The Morgan fingerprint density at radius 3 is 3.24 bits per heavy atom. The lowest BCUT2D eigenvalue weighted by Crippen LogP contribution is -2.35. The van der Waals surface area contributed by atoms with Crippen molar-refractivity contribution in [2.24, 2.45) is 0 Å². The maximum absolute atomic E-state index is 12.2. The number of thioether (sulfide) groups is 1. The van der Waals surface area contributed by atoms with E-state index in [-0.39, 0.29) is 23.6 Å². The van der Waals surface area contributed by atoms with Gasteiger partial charge in [-0.3, -0.25) is 14.2 Å². The molecule has 0 saturated carbocycles. The van der Waals surface area contributed by atoms with Gasteiger partial charge in [-0.1, -0.05) is 11.8 Å². The van der Waals surface area contributed by atoms with Crippen LogP contribution in [0.15, 0.2) is 16.1 Å². The van der Waals surface area contributed by atoms with Gasteiger partial charge in [0.1, 0.15) is 0 Å². The zero-order valence-electron chi connectivity index (χ0n) is 12.0. The first-order chi connectivity index (χ1) is 10.1. The van der Waals surface area contributed by atoms with Gasteiger partial charge >= 0.3 is 0 Å². The Labute approximate surface area is 127 Å². The summed E-state index contributed by atoms with van der Waals surface area (Å²) in [6.45, 7) is 3.10. The summed E-state index contributed by atoms with van der Waals surface area (Å²) in [6, 6.07) is -0.102. The molecule has 1 saturated heterocycles. The SMILES string of the molecule is Cc1cnc2n(c1=O)[C@H](CC(=O)NC[C@H]1CCCO1)CS2. The van der Waals surface area contributed by atoms with Crippen molar-refractivity contribution in [3.8, 4) is 0 Å². The van der Waals surface area contributed by atoms with Crippen molar-refractivity contribution in [2.45, 2.75) is 43.5 Å². The number of rotatable bonds is 4. The van der Waals surface area contributed by atoms with Gasteiger partial charge in [-0.15, -0.1) is 0 Å². The van der Waals surface area contributed by atoms with Crippen molar-refractivity contribution in [3.05, 3.63) is 22.1 Å². The Hall–Kier alpha value is -1.34. The van der Waals surface area contributed by atoms with Crippen LogP contribution in [0.5, 0.6) is 0 Å². The second-order valence-electron chi connectivity index (χ2n) is 5.51. The fraction of sp³-hybridized carbons (Fsp3) is 0.643. The van der Waals surface area contributed by atoms with Crippen molar-refractivity contribution >= 4 is 17.7 Å². The summed E-state index contributed by atoms with van der Waals surface area (Å²) >= 11 is 1.53. The summed E-state index contributed by atoms with van der Waals surface area (Å²) in [6.07, 6.45) is 4.13. The topological polar surface area (TPSA) is 73.2 Å². The minimum atomic E-state index is -0.102. The predicted octanol–water partition coefficient (Wildman–Crippen LogP) is 0.884. The van der Waals surface area contributed by atoms with E-state index < -0.39 is 0 Å².